The number of hydrogen-bond acceptors (Lipinski definition) is 5. The Morgan fingerprint density at radius 3 is 2.25 bits per heavy atom. The van der Waals surface area contributed by atoms with Crippen molar-refractivity contribution in [2.24, 2.45) is 5.10 Å². The van der Waals surface area contributed by atoms with E-state index in [2.05, 4.69) is 5.10 Å². The minimum absolute atomic E-state index is 0.0919. The third-order valence-corrected chi connectivity index (χ3v) is 2.00. The van der Waals surface area contributed by atoms with E-state index in [0.29, 0.717) is 5.69 Å². The van der Waals surface area contributed by atoms with Crippen molar-refractivity contribution in [3.63, 3.8) is 0 Å². The predicted octanol–water partition coefficient (Wildman–Crippen LogP) is 0.496. The van der Waals surface area contributed by atoms with Gasteiger partial charge in [-0.25, -0.2) is 0 Å². The standard InChI is InChI=1S/C9H5N3O4/c13-8-5-10-11(9(8)14)6-1-3-7(4-2-6)12(15)16/h1-5H. The first-order valence-corrected chi connectivity index (χ1v) is 4.26. The van der Waals surface area contributed by atoms with E-state index >= 15 is 0 Å². The molecule has 1 aromatic rings. The Morgan fingerprint density at radius 2 is 1.81 bits per heavy atom. The van der Waals surface area contributed by atoms with Crippen LogP contribution in [0.2, 0.25) is 0 Å². The fourth-order valence-corrected chi connectivity index (χ4v) is 1.22. The summed E-state index contributed by atoms with van der Waals surface area (Å²) in [4.78, 5) is 32.0. The molecule has 7 heteroatoms. The van der Waals surface area contributed by atoms with Gasteiger partial charge >= 0.3 is 5.91 Å². The molecule has 0 aromatic heterocycles. The Labute approximate surface area is 89.1 Å². The first-order chi connectivity index (χ1) is 7.59. The number of anilines is 1. The topological polar surface area (TPSA) is 92.9 Å². The van der Waals surface area contributed by atoms with E-state index < -0.39 is 16.6 Å². The zero-order chi connectivity index (χ0) is 11.7. The van der Waals surface area contributed by atoms with Crippen LogP contribution in [0.1, 0.15) is 0 Å². The summed E-state index contributed by atoms with van der Waals surface area (Å²) in [5, 5.41) is 14.9. The largest absolute Gasteiger partial charge is 0.320 e. The molecule has 1 aliphatic rings. The maximum atomic E-state index is 11.2. The van der Waals surface area contributed by atoms with Crippen molar-refractivity contribution in [2.45, 2.75) is 0 Å². The van der Waals surface area contributed by atoms with E-state index in [1.165, 1.54) is 24.3 Å². The average molecular weight is 219 g/mol. The molecular weight excluding hydrogens is 214 g/mol. The Hall–Kier alpha value is -2.57. The van der Waals surface area contributed by atoms with Crippen LogP contribution in [0.5, 0.6) is 0 Å². The molecule has 16 heavy (non-hydrogen) atoms. The monoisotopic (exact) mass is 219 g/mol. The lowest BCUT2D eigenvalue weighted by molar-refractivity contribution is -0.384. The maximum absolute atomic E-state index is 11.2. The van der Waals surface area contributed by atoms with Crippen molar-refractivity contribution in [2.75, 3.05) is 5.01 Å². The molecule has 2 rings (SSSR count). The van der Waals surface area contributed by atoms with Gasteiger partial charge in [-0.15, -0.1) is 0 Å². The highest BCUT2D eigenvalue weighted by molar-refractivity contribution is 6.63. The molecule has 0 saturated carbocycles. The number of carbonyl (C=O) groups excluding carboxylic acids is 2. The zero-order valence-electron chi connectivity index (χ0n) is 7.86. The molecule has 0 spiro atoms. The SMILES string of the molecule is O=C1C=NN(c2ccc([N+](=O)[O-])cc2)C1=O. The first kappa shape index (κ1) is 9.97. The van der Waals surface area contributed by atoms with Gasteiger partial charge in [-0.2, -0.15) is 10.1 Å². The second-order valence-corrected chi connectivity index (χ2v) is 3.00. The average Bonchev–Trinajstić information content (AvgIpc) is 2.60. The van der Waals surface area contributed by atoms with Crippen LogP contribution in [0.3, 0.4) is 0 Å². The lowest BCUT2D eigenvalue weighted by atomic mass is 10.2. The molecule has 0 bridgehead atoms. The van der Waals surface area contributed by atoms with Gasteiger partial charge in [-0.1, -0.05) is 0 Å². The van der Waals surface area contributed by atoms with E-state index in [1.807, 2.05) is 0 Å². The normalized spacial score (nSPS) is 14.6. The summed E-state index contributed by atoms with van der Waals surface area (Å²) in [6.07, 6.45) is 0.906. The van der Waals surface area contributed by atoms with E-state index in [9.17, 15) is 19.7 Å². The highest BCUT2D eigenvalue weighted by Gasteiger charge is 2.27. The third kappa shape index (κ3) is 1.54. The molecule has 0 N–H and O–H groups in total. The molecule has 1 amide bonds. The number of hydrazone groups is 1. The summed E-state index contributed by atoms with van der Waals surface area (Å²) in [5.41, 5.74) is 0.225. The molecule has 1 aliphatic heterocycles. The van der Waals surface area contributed by atoms with Crippen LogP contribution in [0.15, 0.2) is 29.4 Å². The molecule has 1 heterocycles. The summed E-state index contributed by atoms with van der Waals surface area (Å²) in [6.45, 7) is 0. The quantitative estimate of drug-likeness (QED) is 0.411. The summed E-state index contributed by atoms with van der Waals surface area (Å²) in [5.74, 6) is -1.48. The van der Waals surface area contributed by atoms with Crippen molar-refractivity contribution >= 4 is 29.3 Å². The predicted molar refractivity (Wildman–Crippen MR) is 54.1 cm³/mol. The maximum Gasteiger partial charge on any atom is 0.320 e. The molecule has 0 atom stereocenters. The number of carbonyl (C=O) groups is 2. The van der Waals surface area contributed by atoms with Gasteiger partial charge in [-0.05, 0) is 12.1 Å². The van der Waals surface area contributed by atoms with Gasteiger partial charge in [0, 0.05) is 12.1 Å². The summed E-state index contributed by atoms with van der Waals surface area (Å²) < 4.78 is 0. The minimum atomic E-state index is -0.770. The fourth-order valence-electron chi connectivity index (χ4n) is 1.22. The number of amides is 1. The van der Waals surface area contributed by atoms with E-state index in [1.54, 1.807) is 0 Å². The molecule has 0 fully saturated rings. The van der Waals surface area contributed by atoms with Gasteiger partial charge in [0.15, 0.2) is 0 Å². The summed E-state index contributed by atoms with van der Waals surface area (Å²) in [7, 11) is 0. The van der Waals surface area contributed by atoms with Crippen LogP contribution in [0, 0.1) is 10.1 Å². The van der Waals surface area contributed by atoms with E-state index in [0.717, 1.165) is 11.2 Å². The minimum Gasteiger partial charge on any atom is -0.282 e. The molecule has 0 saturated heterocycles. The molecule has 1 aromatic carbocycles. The second-order valence-electron chi connectivity index (χ2n) is 3.00. The number of non-ortho nitro benzene ring substituents is 1. The van der Waals surface area contributed by atoms with Gasteiger partial charge in [0.1, 0.15) is 6.21 Å². The molecular formula is C9H5N3O4. The van der Waals surface area contributed by atoms with Crippen molar-refractivity contribution in [3.05, 3.63) is 34.4 Å². The Kier molecular flexibility index (Phi) is 2.20. The zero-order valence-corrected chi connectivity index (χ0v) is 7.86. The molecule has 0 radical (unpaired) electrons. The lowest BCUT2D eigenvalue weighted by Gasteiger charge is -2.09. The van der Waals surface area contributed by atoms with Crippen molar-refractivity contribution in [1.82, 2.24) is 0 Å². The van der Waals surface area contributed by atoms with Gasteiger partial charge < -0.3 is 0 Å². The highest BCUT2D eigenvalue weighted by atomic mass is 16.6. The second kappa shape index (κ2) is 3.54. The number of nitro groups is 1. The van der Waals surface area contributed by atoms with Gasteiger partial charge in [0.05, 0.1) is 10.6 Å². The number of rotatable bonds is 2. The van der Waals surface area contributed by atoms with Gasteiger partial charge in [-0.3, -0.25) is 19.7 Å². The van der Waals surface area contributed by atoms with E-state index in [4.69, 9.17) is 0 Å². The number of Topliss-reactive ketones (excluding diaryl/α,β-unsaturated/α-hetero) is 1. The Balaban J connectivity index is 2.29. The van der Waals surface area contributed by atoms with Crippen molar-refractivity contribution in [3.8, 4) is 0 Å². The van der Waals surface area contributed by atoms with Crippen LogP contribution in [0.4, 0.5) is 11.4 Å². The highest BCUT2D eigenvalue weighted by Crippen LogP contribution is 2.21. The molecule has 0 aliphatic carbocycles. The summed E-state index contributed by atoms with van der Waals surface area (Å²) >= 11 is 0. The Bertz CT molecular complexity index is 506. The number of hydrogen-bond donors (Lipinski definition) is 0. The fraction of sp³-hybridized carbons (Fsp3) is 0. The summed E-state index contributed by atoms with van der Waals surface area (Å²) in [6, 6.07) is 5.18. The van der Waals surface area contributed by atoms with Crippen LogP contribution in [0.25, 0.3) is 0 Å². The smallest absolute Gasteiger partial charge is 0.282 e. The van der Waals surface area contributed by atoms with Gasteiger partial charge in [0.2, 0.25) is 0 Å². The van der Waals surface area contributed by atoms with Crippen molar-refractivity contribution in [1.29, 1.82) is 0 Å². The van der Waals surface area contributed by atoms with Gasteiger partial charge in [0.25, 0.3) is 11.5 Å². The molecule has 7 nitrogen and oxygen atoms in total. The van der Waals surface area contributed by atoms with Crippen LogP contribution >= 0.6 is 0 Å². The Morgan fingerprint density at radius 1 is 1.19 bits per heavy atom. The van der Waals surface area contributed by atoms with Crippen LogP contribution in [-0.4, -0.2) is 22.8 Å². The molecule has 0 unspecified atom stereocenters. The van der Waals surface area contributed by atoms with Crippen LogP contribution in [-0.2, 0) is 9.59 Å². The van der Waals surface area contributed by atoms with E-state index in [-0.39, 0.29) is 5.69 Å². The number of nitrogens with zero attached hydrogens (tertiary/aromatic N) is 3. The molecule has 80 valence electrons. The number of benzene rings is 1. The number of ketones is 1. The first-order valence-electron chi connectivity index (χ1n) is 4.26. The van der Waals surface area contributed by atoms with Crippen molar-refractivity contribution < 1.29 is 14.5 Å². The van der Waals surface area contributed by atoms with Crippen LogP contribution < -0.4 is 5.01 Å². The lowest BCUT2D eigenvalue weighted by Crippen LogP contribution is -2.25. The number of nitro benzene ring substituents is 1. The third-order valence-electron chi connectivity index (χ3n) is 2.00.